The number of rotatable bonds is 5. The number of hydrogen-bond acceptors (Lipinski definition) is 4. The van der Waals surface area contributed by atoms with Crippen LogP contribution in [0.25, 0.3) is 0 Å². The zero-order valence-corrected chi connectivity index (χ0v) is 14.1. The third-order valence-electron chi connectivity index (χ3n) is 4.54. The maximum absolute atomic E-state index is 12.9. The molecule has 2 rings (SSSR count). The van der Waals surface area contributed by atoms with E-state index in [1.807, 2.05) is 44.0 Å². The van der Waals surface area contributed by atoms with Gasteiger partial charge in [0, 0.05) is 19.6 Å². The number of likely N-dealkylation sites (N-methyl/N-ethyl adjacent to an activating group) is 1. The Hall–Kier alpha value is -1.75. The van der Waals surface area contributed by atoms with Gasteiger partial charge in [-0.25, -0.2) is 0 Å². The molecule has 0 spiro atoms. The predicted molar refractivity (Wildman–Crippen MR) is 86.6 cm³/mol. The largest absolute Gasteiger partial charge is 0.493 e. The van der Waals surface area contributed by atoms with E-state index < -0.39 is 5.41 Å². The lowest BCUT2D eigenvalue weighted by Crippen LogP contribution is -2.47. The number of methoxy groups -OCH3 is 2. The van der Waals surface area contributed by atoms with Crippen molar-refractivity contribution in [3.05, 3.63) is 23.8 Å². The molecular weight excluding hydrogens is 280 g/mol. The topological polar surface area (TPSA) is 50.8 Å². The Balaban J connectivity index is 2.26. The van der Waals surface area contributed by atoms with Crippen molar-refractivity contribution in [2.45, 2.75) is 31.7 Å². The first kappa shape index (κ1) is 16.6. The van der Waals surface area contributed by atoms with Crippen LogP contribution in [0.1, 0.15) is 25.8 Å². The van der Waals surface area contributed by atoms with Crippen molar-refractivity contribution in [2.75, 3.05) is 34.4 Å². The van der Waals surface area contributed by atoms with Crippen molar-refractivity contribution in [3.63, 3.8) is 0 Å². The normalized spacial score (nSPS) is 18.1. The van der Waals surface area contributed by atoms with Crippen LogP contribution in [0.15, 0.2) is 18.2 Å². The highest BCUT2D eigenvalue weighted by atomic mass is 16.5. The number of carbonyl (C=O) groups excluding carboxylic acids is 1. The quantitative estimate of drug-likeness (QED) is 0.901. The zero-order chi connectivity index (χ0) is 16.3. The minimum absolute atomic E-state index is 0.119. The summed E-state index contributed by atoms with van der Waals surface area (Å²) in [6.07, 6.45) is 1.00. The fourth-order valence-electron chi connectivity index (χ4n) is 2.93. The van der Waals surface area contributed by atoms with Gasteiger partial charge in [0.25, 0.3) is 0 Å². The van der Waals surface area contributed by atoms with E-state index in [0.29, 0.717) is 11.5 Å². The third-order valence-corrected chi connectivity index (χ3v) is 4.54. The summed E-state index contributed by atoms with van der Waals surface area (Å²) in [5.74, 6) is 1.43. The second-order valence-electron chi connectivity index (χ2n) is 6.26. The minimum atomic E-state index is -0.614. The fourth-order valence-corrected chi connectivity index (χ4v) is 2.93. The Morgan fingerprint density at radius 1 is 1.27 bits per heavy atom. The van der Waals surface area contributed by atoms with Crippen molar-refractivity contribution < 1.29 is 14.3 Å². The van der Waals surface area contributed by atoms with Crippen LogP contribution in [0.5, 0.6) is 11.5 Å². The van der Waals surface area contributed by atoms with Gasteiger partial charge in [-0.05, 0) is 44.5 Å². The first-order valence-corrected chi connectivity index (χ1v) is 7.62. The summed E-state index contributed by atoms with van der Waals surface area (Å²) in [5, 5.41) is 3.30. The lowest BCUT2D eigenvalue weighted by atomic mass is 9.82. The summed E-state index contributed by atoms with van der Waals surface area (Å²) >= 11 is 0. The minimum Gasteiger partial charge on any atom is -0.493 e. The molecule has 1 fully saturated rings. The van der Waals surface area contributed by atoms with Crippen LogP contribution in [0.2, 0.25) is 0 Å². The Bertz CT molecular complexity index is 537. The maximum atomic E-state index is 12.9. The van der Waals surface area contributed by atoms with Crippen molar-refractivity contribution >= 4 is 5.91 Å². The summed E-state index contributed by atoms with van der Waals surface area (Å²) in [6, 6.07) is 5.93. The molecule has 0 aromatic heterocycles. The molecule has 1 unspecified atom stereocenters. The van der Waals surface area contributed by atoms with Crippen LogP contribution in [-0.4, -0.2) is 51.2 Å². The first-order chi connectivity index (χ1) is 10.4. The molecular formula is C17H26N2O3. The number of amides is 1. The molecule has 5 nitrogen and oxygen atoms in total. The molecule has 1 N–H and O–H groups in total. The highest BCUT2D eigenvalue weighted by molar-refractivity contribution is 5.87. The van der Waals surface area contributed by atoms with Crippen molar-refractivity contribution in [3.8, 4) is 11.5 Å². The molecule has 1 amide bonds. The van der Waals surface area contributed by atoms with E-state index in [1.165, 1.54) is 0 Å². The van der Waals surface area contributed by atoms with Crippen LogP contribution in [0.3, 0.4) is 0 Å². The molecule has 1 atom stereocenters. The van der Waals surface area contributed by atoms with Crippen molar-refractivity contribution in [1.82, 2.24) is 10.2 Å². The molecule has 0 aliphatic carbocycles. The van der Waals surface area contributed by atoms with Crippen LogP contribution in [-0.2, 0) is 10.2 Å². The summed E-state index contributed by atoms with van der Waals surface area (Å²) in [6.45, 7) is 5.74. The summed E-state index contributed by atoms with van der Waals surface area (Å²) < 4.78 is 10.6. The Morgan fingerprint density at radius 2 is 1.95 bits per heavy atom. The van der Waals surface area contributed by atoms with E-state index in [1.54, 1.807) is 14.2 Å². The lowest BCUT2D eigenvalue weighted by Gasteiger charge is -2.33. The standard InChI is InChI=1S/C17H26N2O3/c1-17(2,16(20)19(3)13-8-9-18-11-13)12-6-7-14(21-4)15(10-12)22-5/h6-7,10,13,18H,8-9,11H2,1-5H3. The molecule has 1 saturated heterocycles. The molecule has 122 valence electrons. The average molecular weight is 306 g/mol. The van der Waals surface area contributed by atoms with Gasteiger partial charge in [-0.2, -0.15) is 0 Å². The maximum Gasteiger partial charge on any atom is 0.232 e. The molecule has 1 aliphatic rings. The van der Waals surface area contributed by atoms with Crippen molar-refractivity contribution in [1.29, 1.82) is 0 Å². The van der Waals surface area contributed by atoms with Gasteiger partial charge in [-0.3, -0.25) is 4.79 Å². The number of hydrogen-bond donors (Lipinski definition) is 1. The Kier molecular flexibility index (Phi) is 4.96. The molecule has 22 heavy (non-hydrogen) atoms. The zero-order valence-electron chi connectivity index (χ0n) is 14.1. The van der Waals surface area contributed by atoms with Gasteiger partial charge in [0.05, 0.1) is 19.6 Å². The third kappa shape index (κ3) is 3.04. The van der Waals surface area contributed by atoms with Crippen LogP contribution >= 0.6 is 0 Å². The monoisotopic (exact) mass is 306 g/mol. The predicted octanol–water partition coefficient (Wildman–Crippen LogP) is 1.80. The summed E-state index contributed by atoms with van der Waals surface area (Å²) in [5.41, 5.74) is 0.310. The van der Waals surface area contributed by atoms with Gasteiger partial charge in [0.1, 0.15) is 0 Å². The van der Waals surface area contributed by atoms with Gasteiger partial charge in [-0.1, -0.05) is 6.07 Å². The molecule has 0 saturated carbocycles. The Labute approximate surface area is 132 Å². The highest BCUT2D eigenvalue weighted by Crippen LogP contribution is 2.34. The molecule has 0 bridgehead atoms. The molecule has 1 aromatic rings. The number of carbonyl (C=O) groups is 1. The van der Waals surface area contributed by atoms with Gasteiger partial charge in [-0.15, -0.1) is 0 Å². The molecule has 1 aliphatic heterocycles. The van der Waals surface area contributed by atoms with Gasteiger partial charge < -0.3 is 19.7 Å². The number of nitrogens with zero attached hydrogens (tertiary/aromatic N) is 1. The van der Waals surface area contributed by atoms with Crippen molar-refractivity contribution in [2.24, 2.45) is 0 Å². The second-order valence-corrected chi connectivity index (χ2v) is 6.26. The second kappa shape index (κ2) is 6.57. The SMILES string of the molecule is COc1ccc(C(C)(C)C(=O)N(C)C2CCNC2)cc1OC. The van der Waals surface area contributed by atoms with E-state index in [4.69, 9.17) is 9.47 Å². The molecule has 1 heterocycles. The van der Waals surface area contributed by atoms with E-state index in [9.17, 15) is 4.79 Å². The van der Waals surface area contributed by atoms with Gasteiger partial charge in [0.2, 0.25) is 5.91 Å². The number of nitrogens with one attached hydrogen (secondary N) is 1. The Morgan fingerprint density at radius 3 is 2.50 bits per heavy atom. The highest BCUT2D eigenvalue weighted by Gasteiger charge is 2.36. The van der Waals surface area contributed by atoms with Crippen LogP contribution in [0, 0.1) is 0 Å². The van der Waals surface area contributed by atoms with E-state index in [-0.39, 0.29) is 11.9 Å². The fraction of sp³-hybridized carbons (Fsp3) is 0.588. The average Bonchev–Trinajstić information content (AvgIpc) is 3.06. The lowest BCUT2D eigenvalue weighted by molar-refractivity contribution is -0.136. The molecule has 5 heteroatoms. The number of benzene rings is 1. The van der Waals surface area contributed by atoms with E-state index in [0.717, 1.165) is 25.1 Å². The van der Waals surface area contributed by atoms with Gasteiger partial charge in [0.15, 0.2) is 11.5 Å². The van der Waals surface area contributed by atoms with E-state index >= 15 is 0 Å². The smallest absolute Gasteiger partial charge is 0.232 e. The van der Waals surface area contributed by atoms with E-state index in [2.05, 4.69) is 5.32 Å². The number of ether oxygens (including phenoxy) is 2. The molecule has 1 aromatic carbocycles. The van der Waals surface area contributed by atoms with Crippen LogP contribution in [0.4, 0.5) is 0 Å². The summed E-state index contributed by atoms with van der Waals surface area (Å²) in [7, 11) is 5.10. The first-order valence-electron chi connectivity index (χ1n) is 7.62. The van der Waals surface area contributed by atoms with Gasteiger partial charge >= 0.3 is 0 Å². The van der Waals surface area contributed by atoms with Crippen LogP contribution < -0.4 is 14.8 Å². The summed E-state index contributed by atoms with van der Waals surface area (Å²) in [4.78, 5) is 14.8. The molecule has 0 radical (unpaired) electrons.